The lowest BCUT2D eigenvalue weighted by Crippen LogP contribution is -2.37. The van der Waals surface area contributed by atoms with Crippen molar-refractivity contribution in [2.24, 2.45) is 11.8 Å². The monoisotopic (exact) mass is 804 g/mol. The summed E-state index contributed by atoms with van der Waals surface area (Å²) in [5.74, 6) is -1.26. The number of phosphoric ester groups is 1. The molecule has 0 amide bonds. The summed E-state index contributed by atoms with van der Waals surface area (Å²) in [6, 6.07) is 0. The molecule has 0 radical (unpaired) electrons. The molecule has 7 atom stereocenters. The highest BCUT2D eigenvalue weighted by molar-refractivity contribution is 7.45. The second-order valence-corrected chi connectivity index (χ2v) is 17.7. The Hall–Kier alpha value is -1.63. The number of hydrogen-bond donors (Lipinski definition) is 3. The Morgan fingerprint density at radius 3 is 2.09 bits per heavy atom. The Balaban J connectivity index is 2.50. The second-order valence-electron chi connectivity index (χ2n) is 16.3. The molecule has 0 spiro atoms. The molecule has 1 aliphatic rings. The number of likely N-dealkylation sites (N-methyl/N-ethyl adjacent to an activating group) is 1. The number of unbranched alkanes of at least 4 members (excludes halogenated alkanes) is 12. The lowest BCUT2D eigenvalue weighted by Gasteiger charge is -2.28. The van der Waals surface area contributed by atoms with E-state index in [1.165, 1.54) is 12.8 Å². The van der Waals surface area contributed by atoms with Crippen LogP contribution in [0.25, 0.3) is 0 Å². The highest BCUT2D eigenvalue weighted by Crippen LogP contribution is 2.39. The van der Waals surface area contributed by atoms with Crippen LogP contribution in [0.15, 0.2) is 24.3 Å². The Morgan fingerprint density at radius 1 is 0.800 bits per heavy atom. The quantitative estimate of drug-likeness (QED) is 0.0196. The zero-order chi connectivity index (χ0) is 41.0. The van der Waals surface area contributed by atoms with Crippen molar-refractivity contribution in [2.75, 3.05) is 47.5 Å². The molecule has 13 heteroatoms. The van der Waals surface area contributed by atoms with E-state index in [9.17, 15) is 34.4 Å². The van der Waals surface area contributed by atoms with Crippen LogP contribution < -0.4 is 4.89 Å². The molecule has 0 aromatic heterocycles. The Morgan fingerprint density at radius 2 is 1.42 bits per heavy atom. The fourth-order valence-electron chi connectivity index (χ4n) is 6.61. The summed E-state index contributed by atoms with van der Waals surface area (Å²) in [5.41, 5.74) is 0. The Bertz CT molecular complexity index is 1110. The average molecular weight is 804 g/mol. The molecule has 0 aliphatic heterocycles. The summed E-state index contributed by atoms with van der Waals surface area (Å²) in [6.07, 6.45) is 22.8. The molecule has 1 aliphatic carbocycles. The van der Waals surface area contributed by atoms with Gasteiger partial charge in [-0.2, -0.15) is 0 Å². The van der Waals surface area contributed by atoms with Gasteiger partial charge in [0.1, 0.15) is 19.8 Å². The molecule has 1 fully saturated rings. The molecule has 1 rings (SSSR count). The number of rotatable bonds is 34. The van der Waals surface area contributed by atoms with E-state index in [0.29, 0.717) is 36.7 Å². The normalized spacial score (nSPS) is 21.3. The van der Waals surface area contributed by atoms with E-state index in [1.54, 1.807) is 6.08 Å². The standard InChI is InChI=1S/C42H78NO11P/c1-6-8-10-11-12-13-14-15-16-17-23-27-42(48)54-36(34-53-55(49,50)52-31-30-43(3,4)5)33-51-41(47)26-22-19-18-21-25-37-38(40(46)32-39(37)45)29-28-35(44)24-20-9-7-2/h11-12,28-29,35-40,44-46H,6-10,13-27,30-34H2,1-5H3/b12-11-,29-28+/t35-,36+,37+,38+,39-,40+/m0/s1. The summed E-state index contributed by atoms with van der Waals surface area (Å²) in [6.45, 7) is 3.82. The third-order valence-electron chi connectivity index (χ3n) is 10.0. The van der Waals surface area contributed by atoms with Crippen molar-refractivity contribution in [3.05, 3.63) is 24.3 Å². The van der Waals surface area contributed by atoms with E-state index in [0.717, 1.165) is 83.5 Å². The maximum Gasteiger partial charge on any atom is 0.306 e. The van der Waals surface area contributed by atoms with E-state index in [1.807, 2.05) is 27.2 Å². The molecule has 1 saturated carbocycles. The van der Waals surface area contributed by atoms with Crippen molar-refractivity contribution in [2.45, 2.75) is 173 Å². The van der Waals surface area contributed by atoms with Gasteiger partial charge in [-0.05, 0) is 50.9 Å². The van der Waals surface area contributed by atoms with Gasteiger partial charge in [0.25, 0.3) is 7.82 Å². The van der Waals surface area contributed by atoms with Gasteiger partial charge in [0, 0.05) is 25.2 Å². The summed E-state index contributed by atoms with van der Waals surface area (Å²) < 4.78 is 33.8. The van der Waals surface area contributed by atoms with Crippen molar-refractivity contribution in [3.8, 4) is 0 Å². The molecule has 12 nitrogen and oxygen atoms in total. The lowest BCUT2D eigenvalue weighted by molar-refractivity contribution is -0.870. The van der Waals surface area contributed by atoms with Crippen LogP contribution in [0.5, 0.6) is 0 Å². The average Bonchev–Trinajstić information content (AvgIpc) is 3.39. The minimum atomic E-state index is -4.67. The van der Waals surface area contributed by atoms with Crippen molar-refractivity contribution in [1.29, 1.82) is 0 Å². The van der Waals surface area contributed by atoms with Gasteiger partial charge in [0.15, 0.2) is 6.10 Å². The molecule has 0 saturated heterocycles. The summed E-state index contributed by atoms with van der Waals surface area (Å²) >= 11 is 0. The van der Waals surface area contributed by atoms with Gasteiger partial charge < -0.3 is 43.2 Å². The van der Waals surface area contributed by atoms with Crippen molar-refractivity contribution in [3.63, 3.8) is 0 Å². The Kier molecular flexibility index (Phi) is 28.4. The smallest absolute Gasteiger partial charge is 0.306 e. The minimum absolute atomic E-state index is 0.0665. The van der Waals surface area contributed by atoms with Crippen molar-refractivity contribution in [1.82, 2.24) is 0 Å². The first-order valence-corrected chi connectivity index (χ1v) is 22.8. The number of phosphoric acid groups is 1. The predicted molar refractivity (Wildman–Crippen MR) is 215 cm³/mol. The maximum atomic E-state index is 12.7. The van der Waals surface area contributed by atoms with Crippen LogP contribution in [-0.4, -0.2) is 104 Å². The van der Waals surface area contributed by atoms with Gasteiger partial charge in [-0.15, -0.1) is 0 Å². The molecule has 55 heavy (non-hydrogen) atoms. The number of hydrogen-bond acceptors (Lipinski definition) is 11. The van der Waals surface area contributed by atoms with E-state index >= 15 is 0 Å². The van der Waals surface area contributed by atoms with Gasteiger partial charge in [0.2, 0.25) is 0 Å². The van der Waals surface area contributed by atoms with E-state index in [4.69, 9.17) is 18.5 Å². The molecule has 3 N–H and O–H groups in total. The van der Waals surface area contributed by atoms with Crippen LogP contribution >= 0.6 is 7.82 Å². The first-order valence-electron chi connectivity index (χ1n) is 21.3. The van der Waals surface area contributed by atoms with Crippen molar-refractivity contribution < 1.29 is 57.4 Å². The molecule has 0 bridgehead atoms. The zero-order valence-electron chi connectivity index (χ0n) is 35.0. The maximum absolute atomic E-state index is 12.7. The van der Waals surface area contributed by atoms with Crippen LogP contribution in [0, 0.1) is 11.8 Å². The predicted octanol–water partition coefficient (Wildman–Crippen LogP) is 7.32. The SMILES string of the molecule is CCCC/C=C\CCCCCCCC(=O)O[C@H](COC(=O)CCCCCC[C@@H]1[C@@H](/C=C/[C@@H](O)CCCCC)[C@H](O)C[C@@H]1O)COP(=O)([O-])OCC[N+](C)(C)C. The molecule has 1 unspecified atom stereocenters. The fourth-order valence-corrected chi connectivity index (χ4v) is 7.34. The van der Waals surface area contributed by atoms with Crippen molar-refractivity contribution >= 4 is 19.8 Å². The summed E-state index contributed by atoms with van der Waals surface area (Å²) in [5, 5.41) is 31.4. The van der Waals surface area contributed by atoms with E-state index in [-0.39, 0.29) is 37.9 Å². The summed E-state index contributed by atoms with van der Waals surface area (Å²) in [4.78, 5) is 37.6. The lowest BCUT2D eigenvalue weighted by atomic mass is 9.88. The van der Waals surface area contributed by atoms with Crippen LogP contribution in [-0.2, 0) is 32.7 Å². The van der Waals surface area contributed by atoms with Gasteiger partial charge in [-0.1, -0.05) is 109 Å². The third-order valence-corrected chi connectivity index (χ3v) is 11.0. The number of nitrogens with zero attached hydrogens (tertiary/aromatic N) is 1. The molecular formula is C42H78NO11P. The number of quaternary nitrogens is 1. The Labute approximate surface area is 333 Å². The molecule has 322 valence electrons. The first-order chi connectivity index (χ1) is 26.2. The number of carbonyl (C=O) groups excluding carboxylic acids is 2. The van der Waals surface area contributed by atoms with Crippen LogP contribution in [0.4, 0.5) is 0 Å². The fraction of sp³-hybridized carbons (Fsp3) is 0.857. The number of aliphatic hydroxyl groups is 3. The minimum Gasteiger partial charge on any atom is -0.756 e. The number of ether oxygens (including phenoxy) is 2. The van der Waals surface area contributed by atoms with E-state index < -0.39 is 50.8 Å². The largest absolute Gasteiger partial charge is 0.756 e. The molecule has 0 aromatic rings. The zero-order valence-corrected chi connectivity index (χ0v) is 35.8. The topological polar surface area (TPSA) is 172 Å². The number of esters is 2. The first kappa shape index (κ1) is 51.4. The molecule has 0 heterocycles. The van der Waals surface area contributed by atoms with Gasteiger partial charge in [-0.3, -0.25) is 14.2 Å². The van der Waals surface area contributed by atoms with Gasteiger partial charge >= 0.3 is 11.9 Å². The third kappa shape index (κ3) is 27.6. The molecule has 0 aromatic carbocycles. The second kappa shape index (κ2) is 30.4. The summed E-state index contributed by atoms with van der Waals surface area (Å²) in [7, 11) is 1.04. The number of aliphatic hydroxyl groups excluding tert-OH is 3. The van der Waals surface area contributed by atoms with Gasteiger partial charge in [-0.25, -0.2) is 0 Å². The van der Waals surface area contributed by atoms with Gasteiger partial charge in [0.05, 0.1) is 46.1 Å². The van der Waals surface area contributed by atoms with Crippen LogP contribution in [0.3, 0.4) is 0 Å². The van der Waals surface area contributed by atoms with Crippen LogP contribution in [0.1, 0.15) is 149 Å². The number of carbonyl (C=O) groups is 2. The number of allylic oxidation sites excluding steroid dienone is 2. The highest BCUT2D eigenvalue weighted by atomic mass is 31.2. The van der Waals surface area contributed by atoms with Crippen LogP contribution in [0.2, 0.25) is 0 Å². The molecular weight excluding hydrogens is 725 g/mol. The van der Waals surface area contributed by atoms with E-state index in [2.05, 4.69) is 26.0 Å². The highest BCUT2D eigenvalue weighted by Gasteiger charge is 2.39.